The minimum absolute atomic E-state index is 0.0239. The number of nitro groups is 1. The normalized spacial score (nSPS) is 11.0. The molecule has 0 aliphatic carbocycles. The lowest BCUT2D eigenvalue weighted by Gasteiger charge is -1.92. The first-order valence-electron chi connectivity index (χ1n) is 6.01. The van der Waals surface area contributed by atoms with Gasteiger partial charge in [0.05, 0.1) is 9.80 Å². The third-order valence-corrected chi connectivity index (χ3v) is 3.59. The van der Waals surface area contributed by atoms with Crippen molar-refractivity contribution in [3.8, 4) is 10.6 Å². The number of benzene rings is 1. The van der Waals surface area contributed by atoms with Crippen molar-refractivity contribution < 1.29 is 9.45 Å². The monoisotopic (exact) mass is 299 g/mol. The highest BCUT2D eigenvalue weighted by Gasteiger charge is 2.07. The number of thiophene rings is 1. The second-order valence-electron chi connectivity index (χ2n) is 4.14. The van der Waals surface area contributed by atoms with Crippen LogP contribution in [0.4, 0.5) is 11.6 Å². The number of hydrogen-bond acceptors (Lipinski definition) is 6. The molecule has 6 nitrogen and oxygen atoms in total. The molecule has 0 saturated carbocycles. The van der Waals surface area contributed by atoms with E-state index in [9.17, 15) is 10.1 Å². The van der Waals surface area contributed by atoms with E-state index in [0.717, 1.165) is 10.6 Å². The van der Waals surface area contributed by atoms with Crippen LogP contribution in [0.2, 0.25) is 0 Å². The van der Waals surface area contributed by atoms with Crippen molar-refractivity contribution in [2.24, 2.45) is 4.99 Å². The summed E-state index contributed by atoms with van der Waals surface area (Å²) in [4.78, 5) is 15.4. The Morgan fingerprint density at radius 2 is 2.19 bits per heavy atom. The third kappa shape index (κ3) is 3.03. The number of hydrogen-bond donors (Lipinski definition) is 0. The number of aliphatic imine (C=N–C) groups is 1. The van der Waals surface area contributed by atoms with Crippen molar-refractivity contribution in [3.63, 3.8) is 0 Å². The van der Waals surface area contributed by atoms with E-state index >= 15 is 0 Å². The molecule has 104 valence electrons. The van der Waals surface area contributed by atoms with Gasteiger partial charge in [0.25, 0.3) is 11.6 Å². The zero-order valence-corrected chi connectivity index (χ0v) is 11.5. The summed E-state index contributed by atoms with van der Waals surface area (Å²) in [7, 11) is 0. The molecule has 0 radical (unpaired) electrons. The van der Waals surface area contributed by atoms with Crippen molar-refractivity contribution in [3.05, 3.63) is 63.5 Å². The van der Waals surface area contributed by atoms with Crippen LogP contribution in [0.3, 0.4) is 0 Å². The molecular weight excluding hydrogens is 290 g/mol. The molecule has 0 spiro atoms. The number of nitrogens with zero attached hydrogens (tertiary/aromatic N) is 3. The fraction of sp³-hybridized carbons (Fsp3) is 0. The summed E-state index contributed by atoms with van der Waals surface area (Å²) < 4.78 is 5.11. The highest BCUT2D eigenvalue weighted by molar-refractivity contribution is 7.13. The van der Waals surface area contributed by atoms with E-state index in [0.29, 0.717) is 11.4 Å². The van der Waals surface area contributed by atoms with Gasteiger partial charge in [-0.2, -0.15) is 0 Å². The van der Waals surface area contributed by atoms with E-state index in [1.165, 1.54) is 18.3 Å². The fourth-order valence-corrected chi connectivity index (χ4v) is 2.40. The summed E-state index contributed by atoms with van der Waals surface area (Å²) in [5.41, 5.74) is 1.37. The van der Waals surface area contributed by atoms with Crippen molar-refractivity contribution in [1.82, 2.24) is 5.16 Å². The number of rotatable bonds is 4. The molecule has 0 unspecified atom stereocenters. The first kappa shape index (κ1) is 13.2. The molecule has 3 aromatic rings. The van der Waals surface area contributed by atoms with Gasteiger partial charge in [0.15, 0.2) is 0 Å². The Bertz CT molecular complexity index is 793. The Kier molecular flexibility index (Phi) is 3.57. The van der Waals surface area contributed by atoms with Gasteiger partial charge in [-0.25, -0.2) is 4.99 Å². The number of non-ortho nitro benzene ring substituents is 1. The van der Waals surface area contributed by atoms with Gasteiger partial charge in [0.2, 0.25) is 0 Å². The summed E-state index contributed by atoms with van der Waals surface area (Å²) in [5, 5.41) is 16.6. The van der Waals surface area contributed by atoms with Crippen molar-refractivity contribution in [2.45, 2.75) is 0 Å². The van der Waals surface area contributed by atoms with E-state index in [1.54, 1.807) is 29.5 Å². The Morgan fingerprint density at radius 1 is 1.29 bits per heavy atom. The van der Waals surface area contributed by atoms with Crippen molar-refractivity contribution >= 4 is 29.1 Å². The van der Waals surface area contributed by atoms with E-state index < -0.39 is 4.92 Å². The van der Waals surface area contributed by atoms with Crippen LogP contribution in [0.1, 0.15) is 5.56 Å². The minimum Gasteiger partial charge on any atom is -0.336 e. The van der Waals surface area contributed by atoms with Gasteiger partial charge in [-0.1, -0.05) is 23.4 Å². The predicted octanol–water partition coefficient (Wildman–Crippen LogP) is 4.06. The minimum atomic E-state index is -0.444. The van der Waals surface area contributed by atoms with E-state index in [4.69, 9.17) is 4.52 Å². The van der Waals surface area contributed by atoms with Crippen molar-refractivity contribution in [1.29, 1.82) is 0 Å². The molecular formula is C14H9N3O3S. The molecule has 2 aromatic heterocycles. The summed E-state index contributed by atoms with van der Waals surface area (Å²) in [6.07, 6.45) is 1.51. The van der Waals surface area contributed by atoms with Crippen LogP contribution in [-0.4, -0.2) is 16.3 Å². The largest absolute Gasteiger partial charge is 0.336 e. The number of nitro benzene ring substituents is 1. The predicted molar refractivity (Wildman–Crippen MR) is 80.2 cm³/mol. The first-order chi connectivity index (χ1) is 10.2. The lowest BCUT2D eigenvalue weighted by atomic mass is 10.2. The molecule has 0 N–H and O–H groups in total. The zero-order chi connectivity index (χ0) is 14.7. The smallest absolute Gasteiger partial charge is 0.270 e. The second-order valence-corrected chi connectivity index (χ2v) is 5.09. The lowest BCUT2D eigenvalue weighted by molar-refractivity contribution is -0.384. The maximum atomic E-state index is 10.7. The maximum absolute atomic E-state index is 10.7. The maximum Gasteiger partial charge on any atom is 0.270 e. The summed E-state index contributed by atoms with van der Waals surface area (Å²) in [6.45, 7) is 0. The summed E-state index contributed by atoms with van der Waals surface area (Å²) in [5.74, 6) is 0.352. The topological polar surface area (TPSA) is 81.5 Å². The van der Waals surface area contributed by atoms with E-state index in [-0.39, 0.29) is 5.69 Å². The van der Waals surface area contributed by atoms with Gasteiger partial charge < -0.3 is 4.52 Å². The molecule has 0 fully saturated rings. The van der Waals surface area contributed by atoms with Crippen LogP contribution < -0.4 is 0 Å². The molecule has 7 heteroatoms. The molecule has 1 aromatic carbocycles. The highest BCUT2D eigenvalue weighted by Crippen LogP contribution is 2.27. The molecule has 21 heavy (non-hydrogen) atoms. The molecule has 3 rings (SSSR count). The van der Waals surface area contributed by atoms with Crippen molar-refractivity contribution in [2.75, 3.05) is 0 Å². The highest BCUT2D eigenvalue weighted by atomic mass is 32.1. The quantitative estimate of drug-likeness (QED) is 0.413. The van der Waals surface area contributed by atoms with Crippen LogP contribution in [0.15, 0.2) is 57.4 Å². The SMILES string of the molecule is O=[N+]([O-])c1cccc(/C=N/c2cc(-c3cccs3)no2)c1. The third-order valence-electron chi connectivity index (χ3n) is 2.69. The van der Waals surface area contributed by atoms with Crippen LogP contribution in [0.5, 0.6) is 0 Å². The first-order valence-corrected chi connectivity index (χ1v) is 6.89. The van der Waals surface area contributed by atoms with Crippen LogP contribution >= 0.6 is 11.3 Å². The lowest BCUT2D eigenvalue weighted by Crippen LogP contribution is -1.89. The van der Waals surface area contributed by atoms with Gasteiger partial charge in [-0.3, -0.25) is 10.1 Å². The van der Waals surface area contributed by atoms with Crippen LogP contribution in [-0.2, 0) is 0 Å². The Labute approximate surface area is 123 Å². The second kappa shape index (κ2) is 5.68. The summed E-state index contributed by atoms with van der Waals surface area (Å²) in [6, 6.07) is 11.8. The van der Waals surface area contributed by atoms with Gasteiger partial charge >= 0.3 is 0 Å². The molecule has 2 heterocycles. The summed E-state index contributed by atoms with van der Waals surface area (Å²) >= 11 is 1.56. The molecule has 0 atom stereocenters. The Hall–Kier alpha value is -2.80. The van der Waals surface area contributed by atoms with Crippen LogP contribution in [0.25, 0.3) is 10.6 Å². The van der Waals surface area contributed by atoms with Gasteiger partial charge in [-0.05, 0) is 17.0 Å². The molecule has 0 aliphatic rings. The van der Waals surface area contributed by atoms with E-state index in [2.05, 4.69) is 10.1 Å². The average Bonchev–Trinajstić information content (AvgIpc) is 3.16. The molecule has 0 bridgehead atoms. The molecule has 0 aliphatic heterocycles. The Morgan fingerprint density at radius 3 is 2.95 bits per heavy atom. The zero-order valence-electron chi connectivity index (χ0n) is 10.7. The average molecular weight is 299 g/mol. The standard InChI is InChI=1S/C14H9N3O3S/c18-17(19)11-4-1-3-10(7-11)9-15-14-8-12(16-20-14)13-5-2-6-21-13/h1-9H/b15-9+. The van der Waals surface area contributed by atoms with Gasteiger partial charge in [0.1, 0.15) is 5.69 Å². The number of aromatic nitrogens is 1. The molecule has 0 amide bonds. The van der Waals surface area contributed by atoms with E-state index in [1.807, 2.05) is 17.5 Å². The Balaban J connectivity index is 1.80. The van der Waals surface area contributed by atoms with Gasteiger partial charge in [-0.15, -0.1) is 11.3 Å². The molecule has 0 saturated heterocycles. The van der Waals surface area contributed by atoms with Gasteiger partial charge in [0, 0.05) is 24.4 Å². The van der Waals surface area contributed by atoms with Crippen LogP contribution in [0, 0.1) is 10.1 Å². The fourth-order valence-electron chi connectivity index (χ4n) is 1.72.